The topological polar surface area (TPSA) is 88.3 Å². The van der Waals surface area contributed by atoms with E-state index in [4.69, 9.17) is 9.51 Å². The molecule has 4 rings (SSSR count). The number of aryl methyl sites for hydroxylation is 3. The van der Waals surface area contributed by atoms with Crippen LogP contribution in [-0.2, 0) is 6.42 Å². The zero-order valence-electron chi connectivity index (χ0n) is 18.7. The van der Waals surface area contributed by atoms with Gasteiger partial charge >= 0.3 is 0 Å². The first-order valence-corrected chi connectivity index (χ1v) is 10.6. The fourth-order valence-corrected chi connectivity index (χ4v) is 4.21. The molecular weight excluding hydrogens is 392 g/mol. The minimum Gasteiger partial charge on any atom is -0.361 e. The van der Waals surface area contributed by atoms with Crippen molar-refractivity contribution in [3.05, 3.63) is 52.9 Å². The minimum absolute atomic E-state index is 0.0412. The van der Waals surface area contributed by atoms with E-state index in [2.05, 4.69) is 15.1 Å². The molecular formula is C23H28N6O2. The highest BCUT2D eigenvalue weighted by molar-refractivity contribution is 5.96. The average Bonchev–Trinajstić information content (AvgIpc) is 3.40. The predicted octanol–water partition coefficient (Wildman–Crippen LogP) is 3.75. The average molecular weight is 421 g/mol. The predicted molar refractivity (Wildman–Crippen MR) is 118 cm³/mol. The summed E-state index contributed by atoms with van der Waals surface area (Å²) in [4.78, 5) is 31.1. The third kappa shape index (κ3) is 3.78. The van der Waals surface area contributed by atoms with Crippen LogP contribution >= 0.6 is 0 Å². The number of aromatic nitrogens is 4. The van der Waals surface area contributed by atoms with Crippen LogP contribution in [0.5, 0.6) is 0 Å². The Balaban J connectivity index is 1.82. The van der Waals surface area contributed by atoms with Gasteiger partial charge in [0.1, 0.15) is 11.3 Å². The molecule has 1 fully saturated rings. The monoisotopic (exact) mass is 420 g/mol. The van der Waals surface area contributed by atoms with E-state index in [1.165, 1.54) is 0 Å². The Labute approximate surface area is 182 Å². The van der Waals surface area contributed by atoms with E-state index in [1.807, 2.05) is 56.2 Å². The lowest BCUT2D eigenvalue weighted by molar-refractivity contribution is 0.0730. The van der Waals surface area contributed by atoms with Crippen molar-refractivity contribution in [2.24, 2.45) is 0 Å². The van der Waals surface area contributed by atoms with Gasteiger partial charge in [0, 0.05) is 44.8 Å². The molecule has 0 unspecified atom stereocenters. The molecule has 0 aromatic carbocycles. The van der Waals surface area contributed by atoms with E-state index in [9.17, 15) is 4.79 Å². The van der Waals surface area contributed by atoms with Crippen LogP contribution in [0.4, 0.5) is 5.95 Å². The minimum atomic E-state index is -0.143. The lowest BCUT2D eigenvalue weighted by Crippen LogP contribution is -2.32. The summed E-state index contributed by atoms with van der Waals surface area (Å²) in [7, 11) is 3.84. The smallest absolute Gasteiger partial charge is 0.259 e. The highest BCUT2D eigenvalue weighted by Crippen LogP contribution is 2.39. The Morgan fingerprint density at radius 3 is 2.77 bits per heavy atom. The van der Waals surface area contributed by atoms with E-state index in [-0.39, 0.29) is 11.9 Å². The van der Waals surface area contributed by atoms with E-state index < -0.39 is 0 Å². The summed E-state index contributed by atoms with van der Waals surface area (Å²) in [5.41, 5.74) is 5.17. The van der Waals surface area contributed by atoms with Crippen molar-refractivity contribution in [1.29, 1.82) is 0 Å². The number of likely N-dealkylation sites (tertiary alicyclic amines) is 1. The second kappa shape index (κ2) is 8.45. The molecule has 0 spiro atoms. The van der Waals surface area contributed by atoms with E-state index in [0.29, 0.717) is 35.9 Å². The Morgan fingerprint density at radius 2 is 2.06 bits per heavy atom. The van der Waals surface area contributed by atoms with Crippen molar-refractivity contribution in [3.8, 4) is 11.1 Å². The van der Waals surface area contributed by atoms with Crippen LogP contribution in [-0.4, -0.2) is 51.6 Å². The molecule has 162 valence electrons. The second-order valence-corrected chi connectivity index (χ2v) is 8.12. The van der Waals surface area contributed by atoms with Gasteiger partial charge < -0.3 is 14.3 Å². The molecule has 3 aromatic rings. The third-order valence-corrected chi connectivity index (χ3v) is 5.83. The van der Waals surface area contributed by atoms with Crippen LogP contribution in [0.15, 0.2) is 29.2 Å². The number of nitrogens with zero attached hydrogens (tertiary/aromatic N) is 6. The number of carbonyl (C=O) groups excluding carboxylic acids is 1. The van der Waals surface area contributed by atoms with Gasteiger partial charge in [-0.05, 0) is 50.3 Å². The molecule has 0 aliphatic carbocycles. The SMILES string of the molecule is CCc1noc(C)c1C(=O)N1CCC[C@@H]1c1nc(N(C)C)ncc1-c1ccncc1C. The summed E-state index contributed by atoms with van der Waals surface area (Å²) in [6.07, 6.45) is 7.89. The molecule has 1 saturated heterocycles. The summed E-state index contributed by atoms with van der Waals surface area (Å²) in [5, 5.41) is 4.08. The Kier molecular flexibility index (Phi) is 5.71. The largest absolute Gasteiger partial charge is 0.361 e. The molecule has 1 aliphatic heterocycles. The standard InChI is InChI=1S/C23H28N6O2/c1-6-18-20(15(3)31-27-18)22(30)29-11-7-8-19(29)21-17(13-25-23(26-21)28(4)5)16-9-10-24-12-14(16)2/h9-10,12-13,19H,6-8,11H2,1-5H3/t19-/m1/s1. The summed E-state index contributed by atoms with van der Waals surface area (Å²) < 4.78 is 5.33. The van der Waals surface area contributed by atoms with Crippen LogP contribution in [0.1, 0.15) is 58.9 Å². The molecule has 3 aromatic heterocycles. The fourth-order valence-electron chi connectivity index (χ4n) is 4.21. The maximum atomic E-state index is 13.6. The molecule has 0 saturated carbocycles. The summed E-state index contributed by atoms with van der Waals surface area (Å²) in [5.74, 6) is 1.15. The van der Waals surface area contributed by atoms with E-state index in [0.717, 1.165) is 35.2 Å². The van der Waals surface area contributed by atoms with Gasteiger partial charge in [-0.15, -0.1) is 0 Å². The number of hydrogen-bond donors (Lipinski definition) is 0. The van der Waals surface area contributed by atoms with Crippen LogP contribution in [0.3, 0.4) is 0 Å². The Hall–Kier alpha value is -3.29. The van der Waals surface area contributed by atoms with Crippen molar-refractivity contribution in [1.82, 2.24) is 25.0 Å². The molecule has 31 heavy (non-hydrogen) atoms. The van der Waals surface area contributed by atoms with Crippen molar-refractivity contribution >= 4 is 11.9 Å². The first kappa shape index (κ1) is 21.0. The number of amides is 1. The molecule has 8 nitrogen and oxygen atoms in total. The number of carbonyl (C=O) groups is 1. The van der Waals surface area contributed by atoms with E-state index >= 15 is 0 Å². The Bertz CT molecular complexity index is 1110. The van der Waals surface area contributed by atoms with Crippen molar-refractivity contribution in [2.75, 3.05) is 25.5 Å². The summed E-state index contributed by atoms with van der Waals surface area (Å²) in [6.45, 7) is 6.48. The number of pyridine rings is 1. The molecule has 4 heterocycles. The zero-order chi connectivity index (χ0) is 22.1. The molecule has 0 N–H and O–H groups in total. The van der Waals surface area contributed by atoms with Crippen molar-refractivity contribution in [3.63, 3.8) is 0 Å². The molecule has 1 aliphatic rings. The molecule has 1 amide bonds. The van der Waals surface area contributed by atoms with Gasteiger partial charge in [0.15, 0.2) is 0 Å². The lowest BCUT2D eigenvalue weighted by atomic mass is 9.97. The van der Waals surface area contributed by atoms with Crippen LogP contribution in [0.2, 0.25) is 0 Å². The first-order valence-electron chi connectivity index (χ1n) is 10.6. The number of rotatable bonds is 5. The Morgan fingerprint density at radius 1 is 1.26 bits per heavy atom. The summed E-state index contributed by atoms with van der Waals surface area (Å²) >= 11 is 0. The van der Waals surface area contributed by atoms with Crippen molar-refractivity contribution < 1.29 is 9.32 Å². The third-order valence-electron chi connectivity index (χ3n) is 5.83. The highest BCUT2D eigenvalue weighted by atomic mass is 16.5. The maximum Gasteiger partial charge on any atom is 0.259 e. The van der Waals surface area contributed by atoms with Gasteiger partial charge in [-0.25, -0.2) is 9.97 Å². The maximum absolute atomic E-state index is 13.6. The van der Waals surface area contributed by atoms with Crippen LogP contribution in [0.25, 0.3) is 11.1 Å². The normalized spacial score (nSPS) is 16.0. The quantitative estimate of drug-likeness (QED) is 0.621. The van der Waals surface area contributed by atoms with Gasteiger partial charge in [-0.2, -0.15) is 0 Å². The van der Waals surface area contributed by atoms with E-state index in [1.54, 1.807) is 13.1 Å². The van der Waals surface area contributed by atoms with Gasteiger partial charge in [-0.1, -0.05) is 12.1 Å². The first-order chi connectivity index (χ1) is 14.9. The fraction of sp³-hybridized carbons (Fsp3) is 0.435. The van der Waals surface area contributed by atoms with Gasteiger partial charge in [0.2, 0.25) is 5.95 Å². The van der Waals surface area contributed by atoms with Gasteiger partial charge in [0.05, 0.1) is 17.4 Å². The number of anilines is 1. The van der Waals surface area contributed by atoms with Crippen molar-refractivity contribution in [2.45, 2.75) is 46.1 Å². The highest BCUT2D eigenvalue weighted by Gasteiger charge is 2.36. The van der Waals surface area contributed by atoms with Gasteiger partial charge in [-0.3, -0.25) is 9.78 Å². The molecule has 0 radical (unpaired) electrons. The molecule has 1 atom stereocenters. The van der Waals surface area contributed by atoms with Crippen LogP contribution < -0.4 is 4.90 Å². The van der Waals surface area contributed by atoms with Gasteiger partial charge in [0.25, 0.3) is 5.91 Å². The summed E-state index contributed by atoms with van der Waals surface area (Å²) in [6, 6.07) is 1.84. The second-order valence-electron chi connectivity index (χ2n) is 8.12. The molecule has 0 bridgehead atoms. The molecule has 8 heteroatoms. The zero-order valence-corrected chi connectivity index (χ0v) is 18.7. The lowest BCUT2D eigenvalue weighted by Gasteiger charge is -2.27. The van der Waals surface area contributed by atoms with Crippen LogP contribution in [0, 0.1) is 13.8 Å². The number of hydrogen-bond acceptors (Lipinski definition) is 7.